The number of halogens is 4. The highest BCUT2D eigenvalue weighted by molar-refractivity contribution is 7.92. The predicted octanol–water partition coefficient (Wildman–Crippen LogP) is 5.16. The van der Waals surface area contributed by atoms with E-state index in [-0.39, 0.29) is 33.4 Å². The van der Waals surface area contributed by atoms with E-state index in [1.165, 1.54) is 25.6 Å². The molecule has 0 aliphatic rings. The van der Waals surface area contributed by atoms with Crippen molar-refractivity contribution in [3.05, 3.63) is 71.5 Å². The summed E-state index contributed by atoms with van der Waals surface area (Å²) < 4.78 is 83.6. The zero-order valence-corrected chi connectivity index (χ0v) is 19.6. The third-order valence-electron chi connectivity index (χ3n) is 5.18. The van der Waals surface area contributed by atoms with Gasteiger partial charge < -0.3 is 9.15 Å². The fourth-order valence-electron chi connectivity index (χ4n) is 3.58. The molecule has 0 amide bonds. The Morgan fingerprint density at radius 2 is 1.92 bits per heavy atom. The first-order valence-electron chi connectivity index (χ1n) is 9.98. The van der Waals surface area contributed by atoms with Crippen LogP contribution in [0.2, 0.25) is 5.02 Å². The van der Waals surface area contributed by atoms with Gasteiger partial charge in [-0.25, -0.2) is 31.6 Å². The first-order chi connectivity index (χ1) is 17.2. The Balaban J connectivity index is 1.60. The molecule has 36 heavy (non-hydrogen) atoms. The number of nitrogens with zero attached hydrogens (tertiary/aromatic N) is 3. The number of fused-ring (bicyclic) bond motifs is 1. The monoisotopic (exact) mass is 535 g/mol. The minimum Gasteiger partial charge on any atom is -0.480 e. The number of oxazole rings is 1. The van der Waals surface area contributed by atoms with Gasteiger partial charge in [0.2, 0.25) is 11.8 Å². The van der Waals surface area contributed by atoms with Crippen molar-refractivity contribution in [3.63, 3.8) is 0 Å². The summed E-state index contributed by atoms with van der Waals surface area (Å²) in [5.41, 5.74) is -1.86. The minimum atomic E-state index is -4.49. The molecule has 3 aromatic heterocycles. The highest BCUT2D eigenvalue weighted by Gasteiger charge is 2.27. The van der Waals surface area contributed by atoms with Gasteiger partial charge in [-0.15, -0.1) is 0 Å². The number of sulfonamides is 1. The third kappa shape index (κ3) is 3.91. The van der Waals surface area contributed by atoms with E-state index >= 15 is 8.78 Å². The molecule has 5 aromatic rings. The Bertz CT molecular complexity index is 1730. The minimum absolute atomic E-state index is 0.0181. The van der Waals surface area contributed by atoms with Crippen LogP contribution < -0.4 is 9.46 Å². The number of hydrogen-bond donors (Lipinski definition) is 2. The van der Waals surface area contributed by atoms with Gasteiger partial charge in [0.1, 0.15) is 17.6 Å². The van der Waals surface area contributed by atoms with Crippen LogP contribution in [0.15, 0.2) is 58.3 Å². The van der Waals surface area contributed by atoms with Gasteiger partial charge in [-0.1, -0.05) is 17.7 Å². The molecular weight excluding hydrogens is 523 g/mol. The number of rotatable bonds is 6. The smallest absolute Gasteiger partial charge is 0.267 e. The molecule has 2 aromatic carbocycles. The van der Waals surface area contributed by atoms with E-state index in [1.807, 2.05) is 4.72 Å². The van der Waals surface area contributed by atoms with E-state index in [0.717, 1.165) is 30.5 Å². The summed E-state index contributed by atoms with van der Waals surface area (Å²) in [6, 6.07) is 5.25. The molecule has 0 radical (unpaired) electrons. The summed E-state index contributed by atoms with van der Waals surface area (Å²) in [4.78, 5) is 7.25. The number of nitrogens with one attached hydrogen (secondary N) is 2. The summed E-state index contributed by atoms with van der Waals surface area (Å²) in [6.45, 7) is 0. The van der Waals surface area contributed by atoms with Gasteiger partial charge >= 0.3 is 0 Å². The maximum absolute atomic E-state index is 15.5. The van der Waals surface area contributed by atoms with E-state index in [4.69, 9.17) is 20.8 Å². The van der Waals surface area contributed by atoms with Crippen molar-refractivity contribution in [1.82, 2.24) is 20.2 Å². The lowest BCUT2D eigenvalue weighted by atomic mass is 10.0. The lowest BCUT2D eigenvalue weighted by molar-refractivity contribution is 0.385. The number of methoxy groups -OCH3 is 1. The molecular formula is C22H13ClF3N5O4S. The van der Waals surface area contributed by atoms with Gasteiger partial charge in [-0.05, 0) is 24.3 Å². The van der Waals surface area contributed by atoms with Gasteiger partial charge in [-0.3, -0.25) is 9.82 Å². The van der Waals surface area contributed by atoms with Gasteiger partial charge in [0.15, 0.2) is 22.2 Å². The molecule has 0 aliphatic heterocycles. The molecule has 0 spiro atoms. The molecule has 9 nitrogen and oxygen atoms in total. The third-order valence-corrected chi connectivity index (χ3v) is 6.75. The molecule has 0 fully saturated rings. The number of pyridine rings is 1. The van der Waals surface area contributed by atoms with Crippen LogP contribution >= 0.6 is 11.6 Å². The van der Waals surface area contributed by atoms with Crippen LogP contribution in [0.4, 0.5) is 18.9 Å². The summed E-state index contributed by atoms with van der Waals surface area (Å²) in [6.07, 6.45) is 3.86. The lowest BCUT2D eigenvalue weighted by Crippen LogP contribution is -2.16. The van der Waals surface area contributed by atoms with Crippen LogP contribution in [0.1, 0.15) is 0 Å². The zero-order valence-electron chi connectivity index (χ0n) is 18.0. The van der Waals surface area contributed by atoms with Crippen molar-refractivity contribution >= 4 is 38.2 Å². The van der Waals surface area contributed by atoms with E-state index < -0.39 is 49.2 Å². The number of benzene rings is 2. The SMILES string of the molecule is COc1ncc(Cl)cc1S(=O)(=O)Nc1ccc(F)c(-c2ccc3c(-c4ncco4)n[nH]c3c2F)c1F. The highest BCUT2D eigenvalue weighted by Crippen LogP contribution is 2.37. The molecule has 184 valence electrons. The van der Waals surface area contributed by atoms with Crippen molar-refractivity contribution in [1.29, 1.82) is 0 Å². The molecule has 0 unspecified atom stereocenters. The highest BCUT2D eigenvalue weighted by atomic mass is 35.5. The van der Waals surface area contributed by atoms with Crippen LogP contribution in [0.3, 0.4) is 0 Å². The van der Waals surface area contributed by atoms with Crippen molar-refractivity contribution in [3.8, 4) is 28.6 Å². The van der Waals surface area contributed by atoms with E-state index in [0.29, 0.717) is 0 Å². The second kappa shape index (κ2) is 8.84. The van der Waals surface area contributed by atoms with Crippen LogP contribution in [0.25, 0.3) is 33.6 Å². The van der Waals surface area contributed by atoms with Crippen LogP contribution in [0.5, 0.6) is 5.88 Å². The number of aromatic nitrogens is 4. The summed E-state index contributed by atoms with van der Waals surface area (Å²) in [5.74, 6) is -3.67. The van der Waals surface area contributed by atoms with Gasteiger partial charge in [0.05, 0.1) is 29.6 Å². The summed E-state index contributed by atoms with van der Waals surface area (Å²) in [7, 11) is -3.30. The molecule has 0 atom stereocenters. The van der Waals surface area contributed by atoms with Crippen LogP contribution in [-0.2, 0) is 10.0 Å². The van der Waals surface area contributed by atoms with Gasteiger partial charge in [-0.2, -0.15) is 5.10 Å². The van der Waals surface area contributed by atoms with Gasteiger partial charge in [0.25, 0.3) is 10.0 Å². The maximum atomic E-state index is 15.5. The molecule has 0 saturated carbocycles. The molecule has 2 N–H and O–H groups in total. The quantitative estimate of drug-likeness (QED) is 0.308. The first kappa shape index (κ1) is 23.6. The fourth-order valence-corrected chi connectivity index (χ4v) is 5.01. The molecule has 3 heterocycles. The summed E-state index contributed by atoms with van der Waals surface area (Å²) >= 11 is 5.85. The number of hydrogen-bond acceptors (Lipinski definition) is 7. The maximum Gasteiger partial charge on any atom is 0.267 e. The molecule has 0 saturated heterocycles. The Hall–Kier alpha value is -4.10. The van der Waals surface area contributed by atoms with Crippen molar-refractivity contribution < 1.29 is 30.7 Å². The molecule has 0 aliphatic carbocycles. The van der Waals surface area contributed by atoms with Crippen molar-refractivity contribution in [2.45, 2.75) is 4.90 Å². The summed E-state index contributed by atoms with van der Waals surface area (Å²) in [5, 5.41) is 6.69. The Labute approximate surface area is 206 Å². The number of H-pyrrole nitrogens is 1. The first-order valence-corrected chi connectivity index (χ1v) is 11.8. The standard InChI is InChI=1S/C22H13ClF3N5O4S/c1-34-21-15(8-10(23)9-28-21)36(32,33)31-14-5-4-13(24)16(18(14)26)11-2-3-12-19(17(11)25)29-30-20(12)22-27-6-7-35-22/h2-9,31H,1H3,(H,29,30). The molecule has 5 rings (SSSR count). The van der Waals surface area contributed by atoms with Crippen molar-refractivity contribution in [2.75, 3.05) is 11.8 Å². The van der Waals surface area contributed by atoms with Crippen molar-refractivity contribution in [2.24, 2.45) is 0 Å². The van der Waals surface area contributed by atoms with Crippen LogP contribution in [0, 0.1) is 17.5 Å². The van der Waals surface area contributed by atoms with Crippen LogP contribution in [-0.4, -0.2) is 35.7 Å². The van der Waals surface area contributed by atoms with E-state index in [9.17, 15) is 12.8 Å². The Morgan fingerprint density at radius 3 is 2.64 bits per heavy atom. The average molecular weight is 536 g/mol. The lowest BCUT2D eigenvalue weighted by Gasteiger charge is -2.14. The Morgan fingerprint density at radius 1 is 1.11 bits per heavy atom. The topological polar surface area (TPSA) is 123 Å². The van der Waals surface area contributed by atoms with E-state index in [2.05, 4.69) is 20.2 Å². The normalized spacial score (nSPS) is 11.7. The zero-order chi connectivity index (χ0) is 25.6. The predicted molar refractivity (Wildman–Crippen MR) is 124 cm³/mol. The fraction of sp³-hybridized carbons (Fsp3) is 0.0455. The van der Waals surface area contributed by atoms with Gasteiger partial charge in [0, 0.05) is 17.1 Å². The Kier molecular flexibility index (Phi) is 5.80. The molecule has 14 heteroatoms. The number of anilines is 1. The second-order valence-electron chi connectivity index (χ2n) is 7.31. The second-order valence-corrected chi connectivity index (χ2v) is 9.40. The largest absolute Gasteiger partial charge is 0.480 e. The molecule has 0 bridgehead atoms. The number of ether oxygens (including phenoxy) is 1. The number of aromatic amines is 1. The van der Waals surface area contributed by atoms with E-state index in [1.54, 1.807) is 0 Å². The average Bonchev–Trinajstić information content (AvgIpc) is 3.52.